The fourth-order valence-electron chi connectivity index (χ4n) is 2.78. The molecule has 1 N–H and O–H groups in total. The number of imidazole rings is 1. The summed E-state index contributed by atoms with van der Waals surface area (Å²) in [5, 5.41) is 0. The largest absolute Gasteiger partial charge is 0.330 e. The first-order valence-electron chi connectivity index (χ1n) is 6.05. The van der Waals surface area contributed by atoms with Crippen LogP contribution in [0.5, 0.6) is 0 Å². The normalized spacial score (nSPS) is 21.4. The summed E-state index contributed by atoms with van der Waals surface area (Å²) < 4.78 is 3.15. The first-order chi connectivity index (χ1) is 8.16. The van der Waals surface area contributed by atoms with Crippen LogP contribution in [0.25, 0.3) is 11.0 Å². The zero-order valence-electron chi connectivity index (χ0n) is 10.2. The Kier molecular flexibility index (Phi) is 2.56. The van der Waals surface area contributed by atoms with E-state index >= 15 is 0 Å². The van der Waals surface area contributed by atoms with Gasteiger partial charge in [-0.3, -0.25) is 0 Å². The van der Waals surface area contributed by atoms with Gasteiger partial charge in [0.2, 0.25) is 0 Å². The molecule has 0 saturated carbocycles. The highest BCUT2D eigenvalue weighted by Gasteiger charge is 2.23. The molecule has 1 atom stereocenters. The molecule has 0 spiro atoms. The molecule has 1 unspecified atom stereocenters. The van der Waals surface area contributed by atoms with Crippen molar-refractivity contribution in [2.24, 2.45) is 0 Å². The van der Waals surface area contributed by atoms with Crippen LogP contribution < -0.4 is 0 Å². The van der Waals surface area contributed by atoms with Crippen molar-refractivity contribution in [1.82, 2.24) is 14.5 Å². The lowest BCUT2D eigenvalue weighted by Crippen LogP contribution is -2.16. The number of aryl methyl sites for hydroxylation is 1. The molecule has 3 nitrogen and oxygen atoms in total. The summed E-state index contributed by atoms with van der Waals surface area (Å²) in [6, 6.07) is 6.91. The minimum Gasteiger partial charge on any atom is -0.330 e. The average molecular weight is 247 g/mol. The van der Waals surface area contributed by atoms with Gasteiger partial charge in [-0.05, 0) is 50.8 Å². The summed E-state index contributed by atoms with van der Waals surface area (Å²) >= 11 is 5.48. The maximum Gasteiger partial charge on any atom is 0.178 e. The second kappa shape index (κ2) is 3.96. The van der Waals surface area contributed by atoms with Crippen LogP contribution in [0.1, 0.15) is 18.0 Å². The third-order valence-corrected chi connectivity index (χ3v) is 3.99. The summed E-state index contributed by atoms with van der Waals surface area (Å²) in [5.41, 5.74) is 3.70. The topological polar surface area (TPSA) is 24.0 Å². The highest BCUT2D eigenvalue weighted by Crippen LogP contribution is 2.27. The van der Waals surface area contributed by atoms with Gasteiger partial charge in [0.15, 0.2) is 4.77 Å². The van der Waals surface area contributed by atoms with E-state index in [-0.39, 0.29) is 0 Å². The van der Waals surface area contributed by atoms with Gasteiger partial charge in [0, 0.05) is 6.54 Å². The lowest BCUT2D eigenvalue weighted by atomic mass is 10.2. The lowest BCUT2D eigenvalue weighted by molar-refractivity contribution is 0.394. The quantitative estimate of drug-likeness (QED) is 0.783. The number of nitrogens with one attached hydrogen (secondary N) is 1. The monoisotopic (exact) mass is 247 g/mol. The van der Waals surface area contributed by atoms with Crippen LogP contribution in [-0.4, -0.2) is 34.6 Å². The number of rotatable bonds is 1. The molecule has 17 heavy (non-hydrogen) atoms. The summed E-state index contributed by atoms with van der Waals surface area (Å²) in [4.78, 5) is 5.71. The second-order valence-corrected chi connectivity index (χ2v) is 5.36. The van der Waals surface area contributed by atoms with Crippen LogP contribution in [-0.2, 0) is 0 Å². The van der Waals surface area contributed by atoms with E-state index in [0.717, 1.165) is 17.9 Å². The van der Waals surface area contributed by atoms with Crippen LogP contribution in [0, 0.1) is 11.7 Å². The summed E-state index contributed by atoms with van der Waals surface area (Å²) in [7, 11) is 2.17. The van der Waals surface area contributed by atoms with Crippen molar-refractivity contribution >= 4 is 23.3 Å². The number of likely N-dealkylation sites (N-methyl/N-ethyl adjacent to an activating group) is 1. The molecule has 4 heteroatoms. The smallest absolute Gasteiger partial charge is 0.178 e. The Balaban J connectivity index is 2.19. The molecule has 0 aliphatic carbocycles. The Morgan fingerprint density at radius 2 is 2.24 bits per heavy atom. The minimum atomic E-state index is 0.517. The maximum absolute atomic E-state index is 5.48. The van der Waals surface area contributed by atoms with Crippen LogP contribution in [0.3, 0.4) is 0 Å². The van der Waals surface area contributed by atoms with Gasteiger partial charge in [-0.2, -0.15) is 0 Å². The second-order valence-electron chi connectivity index (χ2n) is 4.97. The Morgan fingerprint density at radius 3 is 2.94 bits per heavy atom. The van der Waals surface area contributed by atoms with E-state index in [4.69, 9.17) is 12.2 Å². The third-order valence-electron chi connectivity index (χ3n) is 3.69. The minimum absolute atomic E-state index is 0.517. The number of benzene rings is 1. The van der Waals surface area contributed by atoms with Crippen LogP contribution in [0.4, 0.5) is 0 Å². The van der Waals surface area contributed by atoms with Crippen molar-refractivity contribution in [2.75, 3.05) is 20.1 Å². The molecule has 1 aliphatic rings. The molecule has 0 amide bonds. The summed E-state index contributed by atoms with van der Waals surface area (Å²) in [6.45, 7) is 4.37. The molecule has 1 saturated heterocycles. The molecule has 2 heterocycles. The maximum atomic E-state index is 5.48. The number of likely N-dealkylation sites (tertiary alicyclic amines) is 1. The number of aromatic amines is 1. The third kappa shape index (κ3) is 1.72. The van der Waals surface area contributed by atoms with Gasteiger partial charge >= 0.3 is 0 Å². The number of H-pyrrole nitrogens is 1. The van der Waals surface area contributed by atoms with Crippen molar-refractivity contribution in [1.29, 1.82) is 0 Å². The fraction of sp³-hybridized carbons (Fsp3) is 0.462. The van der Waals surface area contributed by atoms with E-state index in [9.17, 15) is 0 Å². The van der Waals surface area contributed by atoms with E-state index in [2.05, 4.69) is 46.6 Å². The molecule has 0 radical (unpaired) electrons. The molecule has 90 valence electrons. The van der Waals surface area contributed by atoms with Gasteiger partial charge in [-0.1, -0.05) is 12.1 Å². The molecular weight excluding hydrogens is 230 g/mol. The zero-order chi connectivity index (χ0) is 12.0. The molecule has 1 aromatic heterocycles. The van der Waals surface area contributed by atoms with Crippen molar-refractivity contribution in [2.45, 2.75) is 19.4 Å². The van der Waals surface area contributed by atoms with Gasteiger partial charge in [-0.15, -0.1) is 0 Å². The average Bonchev–Trinajstić information content (AvgIpc) is 2.82. The lowest BCUT2D eigenvalue weighted by Gasteiger charge is -2.13. The number of fused-ring (bicyclic) bond motifs is 1. The van der Waals surface area contributed by atoms with E-state index in [1.54, 1.807) is 0 Å². The van der Waals surface area contributed by atoms with E-state index in [1.165, 1.54) is 23.0 Å². The molecule has 1 aromatic carbocycles. The van der Waals surface area contributed by atoms with Crippen LogP contribution in [0.2, 0.25) is 0 Å². The van der Waals surface area contributed by atoms with Crippen molar-refractivity contribution in [3.8, 4) is 0 Å². The van der Waals surface area contributed by atoms with Gasteiger partial charge in [0.1, 0.15) is 0 Å². The van der Waals surface area contributed by atoms with Gasteiger partial charge < -0.3 is 14.5 Å². The summed E-state index contributed by atoms with van der Waals surface area (Å²) in [5.74, 6) is 0. The van der Waals surface area contributed by atoms with Gasteiger partial charge in [0.05, 0.1) is 17.1 Å². The fourth-order valence-corrected chi connectivity index (χ4v) is 3.13. The van der Waals surface area contributed by atoms with E-state index in [1.807, 2.05) is 0 Å². The Labute approximate surface area is 106 Å². The van der Waals surface area contributed by atoms with E-state index < -0.39 is 0 Å². The Morgan fingerprint density at radius 1 is 1.41 bits per heavy atom. The number of nitrogens with zero attached hydrogens (tertiary/aromatic N) is 2. The SMILES string of the molecule is Cc1cccc2c1[nH]c(=S)n2C1CCN(C)C1. The van der Waals surface area contributed by atoms with Crippen LogP contribution >= 0.6 is 12.2 Å². The highest BCUT2D eigenvalue weighted by molar-refractivity contribution is 7.71. The molecular formula is C13H17N3S. The Hall–Kier alpha value is -1.13. The number of aromatic nitrogens is 2. The summed E-state index contributed by atoms with van der Waals surface area (Å²) in [6.07, 6.45) is 1.19. The van der Waals surface area contributed by atoms with Gasteiger partial charge in [-0.25, -0.2) is 0 Å². The van der Waals surface area contributed by atoms with E-state index in [0.29, 0.717) is 6.04 Å². The van der Waals surface area contributed by atoms with Crippen LogP contribution in [0.15, 0.2) is 18.2 Å². The van der Waals surface area contributed by atoms with Crippen molar-refractivity contribution < 1.29 is 0 Å². The first kappa shape index (κ1) is 11.0. The predicted octanol–water partition coefficient (Wildman–Crippen LogP) is 2.88. The molecule has 1 aliphatic heterocycles. The number of para-hydroxylation sites is 1. The molecule has 1 fully saturated rings. The van der Waals surface area contributed by atoms with Crippen molar-refractivity contribution in [3.05, 3.63) is 28.5 Å². The molecule has 3 rings (SSSR count). The standard InChI is InChI=1S/C13H17N3S/c1-9-4-3-5-11-12(9)14-13(17)16(11)10-6-7-15(2)8-10/h3-5,10H,6-8H2,1-2H3,(H,14,17). The zero-order valence-corrected chi connectivity index (χ0v) is 11.0. The molecule has 2 aromatic rings. The molecule has 0 bridgehead atoms. The predicted molar refractivity (Wildman–Crippen MR) is 73.0 cm³/mol. The van der Waals surface area contributed by atoms with Gasteiger partial charge in [0.25, 0.3) is 0 Å². The Bertz CT molecular complexity index is 611. The van der Waals surface area contributed by atoms with Crippen molar-refractivity contribution in [3.63, 3.8) is 0 Å². The number of hydrogen-bond acceptors (Lipinski definition) is 2. The highest BCUT2D eigenvalue weighted by atomic mass is 32.1. The first-order valence-corrected chi connectivity index (χ1v) is 6.46. The number of hydrogen-bond donors (Lipinski definition) is 1.